The van der Waals surface area contributed by atoms with Crippen LogP contribution in [0.4, 0.5) is 4.39 Å². The van der Waals surface area contributed by atoms with Crippen LogP contribution >= 0.6 is 0 Å². The Labute approximate surface area is 89.2 Å². The highest BCUT2D eigenvalue weighted by Crippen LogP contribution is 2.30. The second-order valence-electron chi connectivity index (χ2n) is 4.05. The van der Waals surface area contributed by atoms with Gasteiger partial charge in [0.05, 0.1) is 6.61 Å². The van der Waals surface area contributed by atoms with Crippen LogP contribution in [-0.4, -0.2) is 13.2 Å². The minimum Gasteiger partial charge on any atom is -0.493 e. The van der Waals surface area contributed by atoms with Crippen LogP contribution in [0.1, 0.15) is 18.4 Å². The van der Waals surface area contributed by atoms with Gasteiger partial charge in [0.15, 0.2) is 0 Å². The summed E-state index contributed by atoms with van der Waals surface area (Å²) in [6.07, 6.45) is 3.18. The minimum absolute atomic E-state index is 0.225. The van der Waals surface area contributed by atoms with Crippen molar-refractivity contribution in [3.05, 3.63) is 29.6 Å². The molecule has 0 aliphatic heterocycles. The predicted octanol–water partition coefficient (Wildman–Crippen LogP) is 2.12. The van der Waals surface area contributed by atoms with E-state index in [4.69, 9.17) is 10.5 Å². The van der Waals surface area contributed by atoms with E-state index in [1.54, 1.807) is 6.07 Å². The van der Waals surface area contributed by atoms with E-state index in [-0.39, 0.29) is 5.82 Å². The van der Waals surface area contributed by atoms with Crippen LogP contribution in [0.2, 0.25) is 0 Å². The molecular formula is C12H16FNO. The largest absolute Gasteiger partial charge is 0.493 e. The van der Waals surface area contributed by atoms with Crippen molar-refractivity contribution >= 4 is 0 Å². The maximum atomic E-state index is 13.0. The minimum atomic E-state index is -0.225. The summed E-state index contributed by atoms with van der Waals surface area (Å²) in [4.78, 5) is 0. The van der Waals surface area contributed by atoms with Crippen LogP contribution in [-0.2, 0) is 6.42 Å². The SMILES string of the molecule is NCCc1cc(F)ccc1OCC1CC1. The molecule has 15 heavy (non-hydrogen) atoms. The molecule has 0 aromatic heterocycles. The number of hydrogen-bond acceptors (Lipinski definition) is 2. The predicted molar refractivity (Wildman–Crippen MR) is 57.4 cm³/mol. The number of benzene rings is 1. The standard InChI is InChI=1S/C12H16FNO/c13-11-3-4-12(10(7-11)5-6-14)15-8-9-1-2-9/h3-4,7,9H,1-2,5-6,8,14H2. The first-order valence-corrected chi connectivity index (χ1v) is 5.41. The fraction of sp³-hybridized carbons (Fsp3) is 0.500. The van der Waals surface area contributed by atoms with Gasteiger partial charge in [-0.3, -0.25) is 0 Å². The Bertz CT molecular complexity index is 336. The molecule has 0 atom stereocenters. The molecule has 0 spiro atoms. The number of ether oxygens (including phenoxy) is 1. The van der Waals surface area contributed by atoms with Crippen molar-refractivity contribution in [3.63, 3.8) is 0 Å². The van der Waals surface area contributed by atoms with Gasteiger partial charge < -0.3 is 10.5 Å². The highest BCUT2D eigenvalue weighted by atomic mass is 19.1. The van der Waals surface area contributed by atoms with Gasteiger partial charge in [-0.1, -0.05) is 0 Å². The fourth-order valence-electron chi connectivity index (χ4n) is 1.53. The van der Waals surface area contributed by atoms with E-state index < -0.39 is 0 Å². The van der Waals surface area contributed by atoms with E-state index in [0.717, 1.165) is 17.9 Å². The van der Waals surface area contributed by atoms with Crippen LogP contribution in [0.3, 0.4) is 0 Å². The molecule has 82 valence electrons. The summed E-state index contributed by atoms with van der Waals surface area (Å²) in [7, 11) is 0. The molecule has 2 nitrogen and oxygen atoms in total. The van der Waals surface area contributed by atoms with Crippen molar-refractivity contribution in [2.75, 3.05) is 13.2 Å². The molecular weight excluding hydrogens is 193 g/mol. The molecule has 2 rings (SSSR count). The zero-order valence-electron chi connectivity index (χ0n) is 8.71. The smallest absolute Gasteiger partial charge is 0.123 e. The first-order valence-electron chi connectivity index (χ1n) is 5.41. The molecule has 0 radical (unpaired) electrons. The molecule has 1 aromatic rings. The van der Waals surface area contributed by atoms with Gasteiger partial charge in [-0.2, -0.15) is 0 Å². The quantitative estimate of drug-likeness (QED) is 0.806. The van der Waals surface area contributed by atoms with Crippen molar-refractivity contribution in [2.45, 2.75) is 19.3 Å². The Morgan fingerprint density at radius 3 is 2.87 bits per heavy atom. The molecule has 0 bridgehead atoms. The van der Waals surface area contributed by atoms with Gasteiger partial charge in [0, 0.05) is 0 Å². The average Bonchev–Trinajstić information content (AvgIpc) is 3.01. The average molecular weight is 209 g/mol. The van der Waals surface area contributed by atoms with Gasteiger partial charge in [0.2, 0.25) is 0 Å². The van der Waals surface area contributed by atoms with Crippen LogP contribution in [0, 0.1) is 11.7 Å². The molecule has 2 N–H and O–H groups in total. The molecule has 1 saturated carbocycles. The zero-order chi connectivity index (χ0) is 10.7. The summed E-state index contributed by atoms with van der Waals surface area (Å²) in [6, 6.07) is 4.64. The van der Waals surface area contributed by atoms with Gasteiger partial charge in [-0.05, 0) is 55.5 Å². The van der Waals surface area contributed by atoms with E-state index >= 15 is 0 Å². The first-order chi connectivity index (χ1) is 7.29. The third-order valence-electron chi connectivity index (χ3n) is 2.61. The molecule has 0 unspecified atom stereocenters. The Kier molecular flexibility index (Phi) is 3.21. The molecule has 0 amide bonds. The van der Waals surface area contributed by atoms with Gasteiger partial charge >= 0.3 is 0 Å². The monoisotopic (exact) mass is 209 g/mol. The van der Waals surface area contributed by atoms with Gasteiger partial charge in [-0.25, -0.2) is 4.39 Å². The van der Waals surface area contributed by atoms with Crippen molar-refractivity contribution in [1.82, 2.24) is 0 Å². The second-order valence-corrected chi connectivity index (χ2v) is 4.05. The van der Waals surface area contributed by atoms with E-state index in [9.17, 15) is 4.39 Å². The summed E-state index contributed by atoms with van der Waals surface area (Å²) < 4.78 is 18.6. The normalized spacial score (nSPS) is 15.3. The summed E-state index contributed by atoms with van der Waals surface area (Å²) in [5.41, 5.74) is 6.34. The molecule has 1 fully saturated rings. The van der Waals surface area contributed by atoms with Crippen molar-refractivity contribution < 1.29 is 9.13 Å². The number of nitrogens with two attached hydrogens (primary N) is 1. The summed E-state index contributed by atoms with van der Waals surface area (Å²) in [5, 5.41) is 0. The third-order valence-corrected chi connectivity index (χ3v) is 2.61. The van der Waals surface area contributed by atoms with Crippen molar-refractivity contribution in [1.29, 1.82) is 0 Å². The molecule has 0 heterocycles. The lowest BCUT2D eigenvalue weighted by atomic mass is 10.1. The lowest BCUT2D eigenvalue weighted by Crippen LogP contribution is -2.07. The summed E-state index contributed by atoms with van der Waals surface area (Å²) in [6.45, 7) is 1.27. The number of halogens is 1. The molecule has 3 heteroatoms. The van der Waals surface area contributed by atoms with Crippen molar-refractivity contribution in [3.8, 4) is 5.75 Å². The molecule has 1 aliphatic carbocycles. The zero-order valence-corrected chi connectivity index (χ0v) is 8.71. The highest BCUT2D eigenvalue weighted by Gasteiger charge is 2.22. The maximum Gasteiger partial charge on any atom is 0.123 e. The van der Waals surface area contributed by atoms with Crippen molar-refractivity contribution in [2.24, 2.45) is 11.7 Å². The summed E-state index contributed by atoms with van der Waals surface area (Å²) >= 11 is 0. The van der Waals surface area contributed by atoms with E-state index in [2.05, 4.69) is 0 Å². The second kappa shape index (κ2) is 4.62. The molecule has 0 saturated heterocycles. The van der Waals surface area contributed by atoms with Crippen LogP contribution in [0.15, 0.2) is 18.2 Å². The third kappa shape index (κ3) is 2.93. The Balaban J connectivity index is 2.04. The Morgan fingerprint density at radius 1 is 1.40 bits per heavy atom. The topological polar surface area (TPSA) is 35.2 Å². The Hall–Kier alpha value is -1.09. The van der Waals surface area contributed by atoms with Gasteiger partial charge in [0.25, 0.3) is 0 Å². The van der Waals surface area contributed by atoms with Crippen LogP contribution in [0.25, 0.3) is 0 Å². The maximum absolute atomic E-state index is 13.0. The van der Waals surface area contributed by atoms with Gasteiger partial charge in [0.1, 0.15) is 11.6 Å². The van der Waals surface area contributed by atoms with Gasteiger partial charge in [-0.15, -0.1) is 0 Å². The highest BCUT2D eigenvalue weighted by molar-refractivity contribution is 5.34. The van der Waals surface area contributed by atoms with Crippen LogP contribution in [0.5, 0.6) is 5.75 Å². The molecule has 1 aromatic carbocycles. The fourth-order valence-corrected chi connectivity index (χ4v) is 1.53. The lowest BCUT2D eigenvalue weighted by molar-refractivity contribution is 0.296. The first kappa shape index (κ1) is 10.4. The van der Waals surface area contributed by atoms with E-state index in [0.29, 0.717) is 18.9 Å². The Morgan fingerprint density at radius 2 is 2.20 bits per heavy atom. The van der Waals surface area contributed by atoms with Crippen LogP contribution < -0.4 is 10.5 Å². The van der Waals surface area contributed by atoms with E-state index in [1.165, 1.54) is 25.0 Å². The lowest BCUT2D eigenvalue weighted by Gasteiger charge is -2.10. The molecule has 1 aliphatic rings. The number of rotatable bonds is 5. The summed E-state index contributed by atoms with van der Waals surface area (Å²) in [5.74, 6) is 1.27. The number of hydrogen-bond donors (Lipinski definition) is 1. The van der Waals surface area contributed by atoms with E-state index in [1.807, 2.05) is 0 Å².